The van der Waals surface area contributed by atoms with Gasteiger partial charge in [-0.2, -0.15) is 0 Å². The summed E-state index contributed by atoms with van der Waals surface area (Å²) in [5.74, 6) is 2.51. The molecule has 0 saturated carbocycles. The van der Waals surface area contributed by atoms with Gasteiger partial charge in [0.15, 0.2) is 5.76 Å². The summed E-state index contributed by atoms with van der Waals surface area (Å²) in [6.07, 6.45) is 1.88. The fourth-order valence-electron chi connectivity index (χ4n) is 2.48. The molecule has 4 heteroatoms. The molecule has 0 bridgehead atoms. The Morgan fingerprint density at radius 2 is 2.00 bits per heavy atom. The van der Waals surface area contributed by atoms with E-state index in [4.69, 9.17) is 9.40 Å². The van der Waals surface area contributed by atoms with Gasteiger partial charge in [-0.3, -0.25) is 0 Å². The Kier molecular flexibility index (Phi) is 3.60. The van der Waals surface area contributed by atoms with Gasteiger partial charge in [-0.15, -0.1) is 0 Å². The minimum absolute atomic E-state index is 0.796. The van der Waals surface area contributed by atoms with Gasteiger partial charge >= 0.3 is 0 Å². The highest BCUT2D eigenvalue weighted by Gasteiger charge is 2.15. The highest BCUT2D eigenvalue weighted by atomic mass is 16.3. The lowest BCUT2D eigenvalue weighted by Gasteiger charge is -2.10. The molecule has 0 aliphatic rings. The summed E-state index contributed by atoms with van der Waals surface area (Å²) >= 11 is 0. The molecule has 2 aromatic heterocycles. The minimum atomic E-state index is 0.796. The van der Waals surface area contributed by atoms with Gasteiger partial charge in [0.2, 0.25) is 0 Å². The molecule has 0 amide bonds. The molecular formula is C17H19N3O. The molecule has 4 nitrogen and oxygen atoms in total. The summed E-state index contributed by atoms with van der Waals surface area (Å²) in [4.78, 5) is 9.25. The molecule has 0 aliphatic carbocycles. The zero-order valence-electron chi connectivity index (χ0n) is 12.6. The van der Waals surface area contributed by atoms with Crippen LogP contribution in [-0.2, 0) is 6.42 Å². The zero-order valence-corrected chi connectivity index (χ0v) is 12.6. The SMILES string of the molecule is CCCc1nc(NC)c(C)c(-c2cc3ccccc3o2)n1. The van der Waals surface area contributed by atoms with E-state index >= 15 is 0 Å². The number of anilines is 1. The van der Waals surface area contributed by atoms with Crippen LogP contribution in [0.1, 0.15) is 24.7 Å². The van der Waals surface area contributed by atoms with E-state index in [0.717, 1.165) is 52.5 Å². The van der Waals surface area contributed by atoms with E-state index in [1.165, 1.54) is 0 Å². The van der Waals surface area contributed by atoms with Gasteiger partial charge in [-0.25, -0.2) is 9.97 Å². The maximum absolute atomic E-state index is 5.95. The fraction of sp³-hybridized carbons (Fsp3) is 0.294. The van der Waals surface area contributed by atoms with Gasteiger partial charge in [0.25, 0.3) is 0 Å². The van der Waals surface area contributed by atoms with Crippen molar-refractivity contribution in [1.82, 2.24) is 9.97 Å². The predicted molar refractivity (Wildman–Crippen MR) is 85.5 cm³/mol. The van der Waals surface area contributed by atoms with Gasteiger partial charge in [-0.05, 0) is 25.5 Å². The number of nitrogens with zero attached hydrogens (tertiary/aromatic N) is 2. The molecule has 21 heavy (non-hydrogen) atoms. The summed E-state index contributed by atoms with van der Waals surface area (Å²) in [6, 6.07) is 10.0. The molecule has 0 radical (unpaired) electrons. The van der Waals surface area contributed by atoms with Crippen molar-refractivity contribution in [2.45, 2.75) is 26.7 Å². The first-order valence-electron chi connectivity index (χ1n) is 7.27. The number of benzene rings is 1. The first kappa shape index (κ1) is 13.6. The summed E-state index contributed by atoms with van der Waals surface area (Å²) in [5, 5.41) is 4.24. The van der Waals surface area contributed by atoms with Crippen molar-refractivity contribution >= 4 is 16.8 Å². The number of aromatic nitrogens is 2. The maximum Gasteiger partial charge on any atom is 0.154 e. The molecule has 0 fully saturated rings. The van der Waals surface area contributed by atoms with Crippen molar-refractivity contribution < 1.29 is 4.42 Å². The lowest BCUT2D eigenvalue weighted by molar-refractivity contribution is 0.626. The monoisotopic (exact) mass is 281 g/mol. The molecular weight excluding hydrogens is 262 g/mol. The third-order valence-corrected chi connectivity index (χ3v) is 3.56. The van der Waals surface area contributed by atoms with E-state index in [2.05, 4.69) is 17.2 Å². The van der Waals surface area contributed by atoms with Crippen molar-refractivity contribution in [3.05, 3.63) is 41.7 Å². The number of aryl methyl sites for hydroxylation is 1. The van der Waals surface area contributed by atoms with Crippen LogP contribution in [0.2, 0.25) is 0 Å². The average molecular weight is 281 g/mol. The van der Waals surface area contributed by atoms with Gasteiger partial charge in [0.1, 0.15) is 22.9 Å². The Hall–Kier alpha value is -2.36. The number of furan rings is 1. The standard InChI is InChI=1S/C17H19N3O/c1-4-7-15-19-16(11(2)17(18-3)20-15)14-10-12-8-5-6-9-13(12)21-14/h5-6,8-10H,4,7H2,1-3H3,(H,18,19,20). The van der Waals surface area contributed by atoms with E-state index in [1.807, 2.05) is 44.3 Å². The Bertz CT molecular complexity index is 744. The van der Waals surface area contributed by atoms with Gasteiger partial charge < -0.3 is 9.73 Å². The number of hydrogen-bond acceptors (Lipinski definition) is 4. The van der Waals surface area contributed by atoms with Crippen LogP contribution in [0.25, 0.3) is 22.4 Å². The first-order valence-corrected chi connectivity index (χ1v) is 7.27. The van der Waals surface area contributed by atoms with Crippen molar-refractivity contribution in [1.29, 1.82) is 0 Å². The normalized spacial score (nSPS) is 11.0. The third-order valence-electron chi connectivity index (χ3n) is 3.56. The second-order valence-electron chi connectivity index (χ2n) is 5.11. The smallest absolute Gasteiger partial charge is 0.154 e. The number of hydrogen-bond donors (Lipinski definition) is 1. The van der Waals surface area contributed by atoms with E-state index in [0.29, 0.717) is 0 Å². The molecule has 2 heterocycles. The third kappa shape index (κ3) is 2.49. The van der Waals surface area contributed by atoms with Crippen LogP contribution in [0.4, 0.5) is 5.82 Å². The van der Waals surface area contributed by atoms with E-state index in [1.54, 1.807) is 0 Å². The van der Waals surface area contributed by atoms with Crippen LogP contribution >= 0.6 is 0 Å². The van der Waals surface area contributed by atoms with Crippen LogP contribution < -0.4 is 5.32 Å². The topological polar surface area (TPSA) is 51.0 Å². The lowest BCUT2D eigenvalue weighted by atomic mass is 10.1. The minimum Gasteiger partial charge on any atom is -0.454 e. The predicted octanol–water partition coefficient (Wildman–Crippen LogP) is 4.19. The van der Waals surface area contributed by atoms with Gasteiger partial charge in [-0.1, -0.05) is 25.1 Å². The zero-order chi connectivity index (χ0) is 14.8. The van der Waals surface area contributed by atoms with E-state index in [-0.39, 0.29) is 0 Å². The van der Waals surface area contributed by atoms with Crippen LogP contribution in [-0.4, -0.2) is 17.0 Å². The molecule has 0 aliphatic heterocycles. The molecule has 0 unspecified atom stereocenters. The summed E-state index contributed by atoms with van der Waals surface area (Å²) < 4.78 is 5.95. The maximum atomic E-state index is 5.95. The molecule has 0 saturated heterocycles. The van der Waals surface area contributed by atoms with Gasteiger partial charge in [0, 0.05) is 24.4 Å². The summed E-state index contributed by atoms with van der Waals surface area (Å²) in [6.45, 7) is 4.15. The first-order chi connectivity index (χ1) is 10.2. The van der Waals surface area contributed by atoms with Crippen LogP contribution in [0, 0.1) is 6.92 Å². The highest BCUT2D eigenvalue weighted by Crippen LogP contribution is 2.30. The molecule has 3 aromatic rings. The van der Waals surface area contributed by atoms with Crippen LogP contribution in [0.5, 0.6) is 0 Å². The lowest BCUT2D eigenvalue weighted by Crippen LogP contribution is -2.05. The highest BCUT2D eigenvalue weighted by molar-refractivity contribution is 5.83. The largest absolute Gasteiger partial charge is 0.454 e. The number of para-hydroxylation sites is 1. The average Bonchev–Trinajstić information content (AvgIpc) is 2.92. The van der Waals surface area contributed by atoms with E-state index < -0.39 is 0 Å². The molecule has 0 spiro atoms. The number of nitrogens with one attached hydrogen (secondary N) is 1. The van der Waals surface area contributed by atoms with Crippen LogP contribution in [0.15, 0.2) is 34.7 Å². The Morgan fingerprint density at radius 1 is 1.19 bits per heavy atom. The van der Waals surface area contributed by atoms with E-state index in [9.17, 15) is 0 Å². The molecule has 1 aromatic carbocycles. The van der Waals surface area contributed by atoms with Crippen molar-refractivity contribution in [3.63, 3.8) is 0 Å². The fourth-order valence-corrected chi connectivity index (χ4v) is 2.48. The summed E-state index contributed by atoms with van der Waals surface area (Å²) in [5.41, 5.74) is 2.76. The van der Waals surface area contributed by atoms with Crippen LogP contribution in [0.3, 0.4) is 0 Å². The quantitative estimate of drug-likeness (QED) is 0.779. The number of fused-ring (bicyclic) bond motifs is 1. The van der Waals surface area contributed by atoms with Crippen molar-refractivity contribution in [2.75, 3.05) is 12.4 Å². The number of rotatable bonds is 4. The molecule has 1 N–H and O–H groups in total. The second-order valence-corrected chi connectivity index (χ2v) is 5.11. The van der Waals surface area contributed by atoms with Gasteiger partial charge in [0.05, 0.1) is 0 Å². The van der Waals surface area contributed by atoms with Crippen molar-refractivity contribution in [3.8, 4) is 11.5 Å². The second kappa shape index (κ2) is 5.56. The molecule has 108 valence electrons. The van der Waals surface area contributed by atoms with Crippen molar-refractivity contribution in [2.24, 2.45) is 0 Å². The Morgan fingerprint density at radius 3 is 2.71 bits per heavy atom. The Balaban J connectivity index is 2.17. The molecule has 3 rings (SSSR count). The Labute approximate surface area is 124 Å². The molecule has 0 atom stereocenters. The summed E-state index contributed by atoms with van der Waals surface area (Å²) in [7, 11) is 1.88.